The molecule has 0 spiro atoms. The molecule has 1 fully saturated rings. The smallest absolute Gasteiger partial charge is 0.341 e. The van der Waals surface area contributed by atoms with E-state index in [0.29, 0.717) is 19.2 Å². The van der Waals surface area contributed by atoms with Gasteiger partial charge < -0.3 is 15.7 Å². The van der Waals surface area contributed by atoms with Crippen LogP contribution in [0.15, 0.2) is 35.3 Å². The minimum Gasteiger partial charge on any atom is -0.477 e. The average Bonchev–Trinajstić information content (AvgIpc) is 2.95. The van der Waals surface area contributed by atoms with Crippen LogP contribution < -0.4 is 16.1 Å². The molecule has 0 amide bonds. The van der Waals surface area contributed by atoms with Gasteiger partial charge in [0, 0.05) is 31.4 Å². The van der Waals surface area contributed by atoms with Crippen molar-refractivity contribution < 1.29 is 23.1 Å². The minimum atomic E-state index is -1.57. The second kappa shape index (κ2) is 7.09. The van der Waals surface area contributed by atoms with Gasteiger partial charge in [0.1, 0.15) is 17.2 Å². The summed E-state index contributed by atoms with van der Waals surface area (Å²) >= 11 is 0. The number of fused-ring (bicyclic) bond motifs is 1. The van der Waals surface area contributed by atoms with Crippen LogP contribution in [-0.4, -0.2) is 39.8 Å². The lowest BCUT2D eigenvalue weighted by Crippen LogP contribution is -2.35. The largest absolute Gasteiger partial charge is 0.477 e. The number of nitrogens with zero attached hydrogens (tertiary/aromatic N) is 3. The monoisotopic (exact) mass is 432 g/mol. The number of carboxylic acid groups (broad SMARTS) is 1. The van der Waals surface area contributed by atoms with Gasteiger partial charge in [-0.15, -0.1) is 0 Å². The third-order valence-corrected chi connectivity index (χ3v) is 5.63. The molecule has 1 atom stereocenters. The first-order valence-electron chi connectivity index (χ1n) is 9.45. The third-order valence-electron chi connectivity index (χ3n) is 5.63. The molecule has 1 aromatic carbocycles. The minimum absolute atomic E-state index is 0.0905. The summed E-state index contributed by atoms with van der Waals surface area (Å²) in [7, 11) is 0. The van der Waals surface area contributed by atoms with E-state index in [1.54, 1.807) is 4.90 Å². The number of nitrogens with two attached hydrogens (primary N) is 1. The van der Waals surface area contributed by atoms with Crippen LogP contribution in [-0.2, 0) is 0 Å². The Morgan fingerprint density at radius 1 is 1.23 bits per heavy atom. The van der Waals surface area contributed by atoms with Crippen LogP contribution in [0, 0.1) is 22.9 Å². The highest BCUT2D eigenvalue weighted by atomic mass is 19.1. The quantitative estimate of drug-likeness (QED) is 0.660. The lowest BCUT2D eigenvalue weighted by molar-refractivity contribution is 0.0695. The SMILES string of the molecule is CC1(C)CN(c2nc3c(cc2F)c(=O)c(C(=O)O)cn3-c2ccc(F)cc2F)CC1N. The van der Waals surface area contributed by atoms with Gasteiger partial charge in [0.15, 0.2) is 17.3 Å². The van der Waals surface area contributed by atoms with Crippen LogP contribution in [0.2, 0.25) is 0 Å². The van der Waals surface area contributed by atoms with Crippen LogP contribution in [0.4, 0.5) is 19.0 Å². The van der Waals surface area contributed by atoms with Crippen LogP contribution in [0.5, 0.6) is 0 Å². The molecule has 1 aliphatic rings. The highest BCUT2D eigenvalue weighted by Gasteiger charge is 2.38. The van der Waals surface area contributed by atoms with Crippen molar-refractivity contribution in [1.82, 2.24) is 9.55 Å². The first-order valence-corrected chi connectivity index (χ1v) is 9.45. The second-order valence-electron chi connectivity index (χ2n) is 8.28. The first-order chi connectivity index (χ1) is 14.5. The van der Waals surface area contributed by atoms with E-state index in [1.165, 1.54) is 0 Å². The number of aromatic nitrogens is 2. The maximum absolute atomic E-state index is 15.0. The summed E-state index contributed by atoms with van der Waals surface area (Å²) in [5.74, 6) is -4.33. The van der Waals surface area contributed by atoms with Gasteiger partial charge in [-0.05, 0) is 23.6 Å². The zero-order valence-corrected chi connectivity index (χ0v) is 16.7. The van der Waals surface area contributed by atoms with E-state index in [2.05, 4.69) is 4.98 Å². The molecule has 0 radical (unpaired) electrons. The van der Waals surface area contributed by atoms with Gasteiger partial charge in [0.2, 0.25) is 5.43 Å². The number of hydrogen-bond acceptors (Lipinski definition) is 5. The zero-order valence-electron chi connectivity index (χ0n) is 16.7. The molecule has 10 heteroatoms. The van der Waals surface area contributed by atoms with Crippen molar-refractivity contribution in [3.63, 3.8) is 0 Å². The predicted octanol–water partition coefficient (Wildman–Crippen LogP) is 2.67. The van der Waals surface area contributed by atoms with Gasteiger partial charge in [-0.25, -0.2) is 22.9 Å². The van der Waals surface area contributed by atoms with Crippen LogP contribution in [0.3, 0.4) is 0 Å². The van der Waals surface area contributed by atoms with Crippen molar-refractivity contribution in [2.45, 2.75) is 19.9 Å². The molecule has 162 valence electrons. The van der Waals surface area contributed by atoms with Crippen LogP contribution in [0.25, 0.3) is 16.7 Å². The Kier molecular flexibility index (Phi) is 4.77. The molecule has 7 nitrogen and oxygen atoms in total. The summed E-state index contributed by atoms with van der Waals surface area (Å²) in [6.07, 6.45) is 0.900. The molecule has 4 rings (SSSR count). The summed E-state index contributed by atoms with van der Waals surface area (Å²) < 4.78 is 43.9. The number of hydrogen-bond donors (Lipinski definition) is 2. The Morgan fingerprint density at radius 3 is 2.52 bits per heavy atom. The molecule has 31 heavy (non-hydrogen) atoms. The Balaban J connectivity index is 2.02. The third kappa shape index (κ3) is 3.42. The lowest BCUT2D eigenvalue weighted by Gasteiger charge is -2.22. The van der Waals surface area contributed by atoms with Gasteiger partial charge >= 0.3 is 5.97 Å². The predicted molar refractivity (Wildman–Crippen MR) is 108 cm³/mol. The number of rotatable bonds is 3. The second-order valence-corrected chi connectivity index (χ2v) is 8.28. The average molecular weight is 432 g/mol. The number of carbonyl (C=O) groups is 1. The van der Waals surface area contributed by atoms with E-state index in [4.69, 9.17) is 5.73 Å². The van der Waals surface area contributed by atoms with Crippen molar-refractivity contribution in [2.75, 3.05) is 18.0 Å². The van der Waals surface area contributed by atoms with E-state index in [-0.39, 0.29) is 34.0 Å². The fourth-order valence-corrected chi connectivity index (χ4v) is 3.77. The fourth-order valence-electron chi connectivity index (χ4n) is 3.77. The highest BCUT2D eigenvalue weighted by molar-refractivity contribution is 5.92. The molecule has 1 unspecified atom stereocenters. The van der Waals surface area contributed by atoms with E-state index in [0.717, 1.165) is 29.0 Å². The van der Waals surface area contributed by atoms with Gasteiger partial charge in [-0.1, -0.05) is 13.8 Å². The molecule has 3 N–H and O–H groups in total. The van der Waals surface area contributed by atoms with Crippen LogP contribution in [0.1, 0.15) is 24.2 Å². The summed E-state index contributed by atoms with van der Waals surface area (Å²) in [6.45, 7) is 4.57. The van der Waals surface area contributed by atoms with Crippen LogP contribution >= 0.6 is 0 Å². The van der Waals surface area contributed by atoms with E-state index in [1.807, 2.05) is 13.8 Å². The molecule has 1 aliphatic heterocycles. The van der Waals surface area contributed by atoms with Gasteiger partial charge in [-0.2, -0.15) is 0 Å². The van der Waals surface area contributed by atoms with Gasteiger partial charge in [0.25, 0.3) is 0 Å². The highest BCUT2D eigenvalue weighted by Crippen LogP contribution is 2.33. The Labute approximate surface area is 174 Å². The Bertz CT molecular complexity index is 1290. The Hall–Kier alpha value is -3.40. The van der Waals surface area contributed by atoms with Crippen molar-refractivity contribution >= 4 is 22.8 Å². The molecule has 0 bridgehead atoms. The topological polar surface area (TPSA) is 101 Å². The zero-order chi connectivity index (χ0) is 22.7. The summed E-state index contributed by atoms with van der Waals surface area (Å²) in [6, 6.07) is 3.32. The molecule has 2 aromatic heterocycles. The maximum atomic E-state index is 15.0. The standard InChI is InChI=1S/C21H19F3N4O3/c1-21(2)9-27(8-16(21)25)19-14(24)6-11-17(29)12(20(30)31)7-28(18(11)26-19)15-4-3-10(22)5-13(15)23/h3-7,16H,8-9,25H2,1-2H3,(H,30,31). The number of benzene rings is 1. The van der Waals surface area contributed by atoms with Gasteiger partial charge in [-0.3, -0.25) is 9.36 Å². The number of halogens is 3. The van der Waals surface area contributed by atoms with E-state index in [9.17, 15) is 27.9 Å². The van der Waals surface area contributed by atoms with E-state index < -0.39 is 34.4 Å². The molecule has 0 saturated carbocycles. The first kappa shape index (κ1) is 20.9. The van der Waals surface area contributed by atoms with Crippen molar-refractivity contribution in [1.29, 1.82) is 0 Å². The summed E-state index contributed by atoms with van der Waals surface area (Å²) in [4.78, 5) is 30.1. The molecule has 3 aromatic rings. The summed E-state index contributed by atoms with van der Waals surface area (Å²) in [5.41, 5.74) is 3.76. The fraction of sp³-hybridized carbons (Fsp3) is 0.286. The Morgan fingerprint density at radius 2 is 1.94 bits per heavy atom. The molecule has 0 aliphatic carbocycles. The van der Waals surface area contributed by atoms with E-state index >= 15 is 0 Å². The number of anilines is 1. The lowest BCUT2D eigenvalue weighted by atomic mass is 9.89. The number of carboxylic acids is 1. The van der Waals surface area contributed by atoms with Crippen molar-refractivity contribution in [3.8, 4) is 5.69 Å². The number of pyridine rings is 2. The molecular formula is C21H19F3N4O3. The molecular weight excluding hydrogens is 413 g/mol. The van der Waals surface area contributed by atoms with Crippen molar-refractivity contribution in [3.05, 3.63) is 63.7 Å². The normalized spacial score (nSPS) is 18.0. The number of aromatic carboxylic acids is 1. The maximum Gasteiger partial charge on any atom is 0.341 e. The molecule has 1 saturated heterocycles. The summed E-state index contributed by atoms with van der Waals surface area (Å²) in [5, 5.41) is 9.05. The van der Waals surface area contributed by atoms with Gasteiger partial charge in [0.05, 0.1) is 11.1 Å². The van der Waals surface area contributed by atoms with Crippen molar-refractivity contribution in [2.24, 2.45) is 11.1 Å². The molecule has 3 heterocycles.